The van der Waals surface area contributed by atoms with Crippen molar-refractivity contribution in [3.63, 3.8) is 0 Å². The highest BCUT2D eigenvalue weighted by atomic mass is 19.1. The van der Waals surface area contributed by atoms with Crippen LogP contribution in [0.15, 0.2) is 66.7 Å². The van der Waals surface area contributed by atoms with E-state index in [0.29, 0.717) is 19.1 Å². The Hall–Kier alpha value is -2.43. The van der Waals surface area contributed by atoms with Gasteiger partial charge in [-0.05, 0) is 67.4 Å². The maximum atomic E-state index is 13.0. The van der Waals surface area contributed by atoms with Crippen LogP contribution in [0, 0.1) is 11.7 Å². The molecule has 3 aromatic rings. The van der Waals surface area contributed by atoms with Gasteiger partial charge < -0.3 is 14.7 Å². The highest BCUT2D eigenvalue weighted by molar-refractivity contribution is 5.88. The van der Waals surface area contributed by atoms with Crippen molar-refractivity contribution in [2.24, 2.45) is 5.92 Å². The van der Waals surface area contributed by atoms with Gasteiger partial charge in [0.05, 0.1) is 0 Å². The molecule has 1 atom stereocenters. The number of nitrogens with zero attached hydrogens (tertiary/aromatic N) is 1. The van der Waals surface area contributed by atoms with Gasteiger partial charge in [-0.3, -0.25) is 0 Å². The Labute approximate surface area is 171 Å². The van der Waals surface area contributed by atoms with Crippen molar-refractivity contribution in [2.75, 3.05) is 26.2 Å². The van der Waals surface area contributed by atoms with Crippen molar-refractivity contribution in [2.45, 2.75) is 25.4 Å². The summed E-state index contributed by atoms with van der Waals surface area (Å²) in [5.41, 5.74) is 1.20. The zero-order valence-electron chi connectivity index (χ0n) is 16.6. The normalized spacial score (nSPS) is 16.8. The van der Waals surface area contributed by atoms with E-state index in [2.05, 4.69) is 17.0 Å². The first-order valence-corrected chi connectivity index (χ1v) is 10.4. The minimum Gasteiger partial charge on any atom is -0.490 e. The number of hydrogen-bond donors (Lipinski definition) is 1. The smallest absolute Gasteiger partial charge is 0.127 e. The summed E-state index contributed by atoms with van der Waals surface area (Å²) >= 11 is 0. The van der Waals surface area contributed by atoms with E-state index in [1.807, 2.05) is 42.5 Å². The number of aliphatic hydroxyl groups excluding tert-OH is 1. The predicted octanol–water partition coefficient (Wildman–Crippen LogP) is 4.67. The number of β-amino-alcohol motifs (C(OH)–C–C–N with tert-alkyl or cyclic N) is 1. The molecule has 1 saturated heterocycles. The summed E-state index contributed by atoms with van der Waals surface area (Å²) in [6.45, 7) is 2.89. The van der Waals surface area contributed by atoms with Crippen molar-refractivity contribution in [3.8, 4) is 5.75 Å². The van der Waals surface area contributed by atoms with Crippen LogP contribution >= 0.6 is 0 Å². The molecular weight excluding hydrogens is 365 g/mol. The lowest BCUT2D eigenvalue weighted by atomic mass is 9.90. The molecule has 0 aliphatic carbocycles. The van der Waals surface area contributed by atoms with Gasteiger partial charge in [0.1, 0.15) is 24.3 Å². The summed E-state index contributed by atoms with van der Waals surface area (Å²) in [5, 5.41) is 12.7. The van der Waals surface area contributed by atoms with Crippen LogP contribution in [0.5, 0.6) is 5.75 Å². The Morgan fingerprint density at radius 2 is 1.69 bits per heavy atom. The fourth-order valence-electron chi connectivity index (χ4n) is 4.19. The molecular formula is C25H28FNO2. The first-order chi connectivity index (χ1) is 14.2. The lowest BCUT2D eigenvalue weighted by Crippen LogP contribution is -2.41. The molecule has 1 aliphatic heterocycles. The van der Waals surface area contributed by atoms with Crippen molar-refractivity contribution >= 4 is 10.8 Å². The van der Waals surface area contributed by atoms with Crippen molar-refractivity contribution < 1.29 is 14.2 Å². The van der Waals surface area contributed by atoms with Gasteiger partial charge in [0.15, 0.2) is 0 Å². The Kier molecular flexibility index (Phi) is 6.43. The number of aliphatic hydroxyl groups is 1. The molecule has 152 valence electrons. The van der Waals surface area contributed by atoms with Crippen molar-refractivity contribution in [1.82, 2.24) is 4.90 Å². The van der Waals surface area contributed by atoms with E-state index in [1.165, 1.54) is 17.7 Å². The maximum absolute atomic E-state index is 13.0. The van der Waals surface area contributed by atoms with E-state index in [4.69, 9.17) is 4.74 Å². The summed E-state index contributed by atoms with van der Waals surface area (Å²) in [5.74, 6) is 1.27. The molecule has 29 heavy (non-hydrogen) atoms. The first kappa shape index (κ1) is 19.9. The SMILES string of the molecule is OC(COc1cccc2ccccc12)CN1CCC(Cc2ccc(F)cc2)CC1. The largest absolute Gasteiger partial charge is 0.490 e. The van der Waals surface area contributed by atoms with Crippen LogP contribution in [0.2, 0.25) is 0 Å². The molecule has 0 saturated carbocycles. The second-order valence-corrected chi connectivity index (χ2v) is 8.02. The van der Waals surface area contributed by atoms with E-state index < -0.39 is 6.10 Å². The molecule has 4 heteroatoms. The van der Waals surface area contributed by atoms with Crippen LogP contribution < -0.4 is 4.74 Å². The van der Waals surface area contributed by atoms with E-state index in [0.717, 1.165) is 48.9 Å². The number of halogens is 1. The summed E-state index contributed by atoms with van der Waals surface area (Å²) in [6, 6.07) is 21.0. The lowest BCUT2D eigenvalue weighted by Gasteiger charge is -2.33. The standard InChI is InChI=1S/C25H28FNO2/c26-22-10-8-19(9-11-22)16-20-12-14-27(15-13-20)17-23(28)18-29-25-7-3-5-21-4-1-2-6-24(21)25/h1-11,20,23,28H,12-18H2. The molecule has 0 amide bonds. The number of hydrogen-bond acceptors (Lipinski definition) is 3. The number of likely N-dealkylation sites (tertiary alicyclic amines) is 1. The van der Waals surface area contributed by atoms with Crippen LogP contribution in [-0.2, 0) is 6.42 Å². The van der Waals surface area contributed by atoms with Crippen LogP contribution in [0.4, 0.5) is 4.39 Å². The molecule has 1 heterocycles. The third-order valence-corrected chi connectivity index (χ3v) is 5.79. The quantitative estimate of drug-likeness (QED) is 0.633. The molecule has 1 aliphatic rings. The first-order valence-electron chi connectivity index (χ1n) is 10.4. The molecule has 4 rings (SSSR count). The molecule has 1 fully saturated rings. The van der Waals surface area contributed by atoms with E-state index in [1.54, 1.807) is 0 Å². The number of piperidine rings is 1. The minimum absolute atomic E-state index is 0.178. The Morgan fingerprint density at radius 3 is 2.48 bits per heavy atom. The molecule has 1 unspecified atom stereocenters. The van der Waals surface area contributed by atoms with E-state index in [-0.39, 0.29) is 5.82 Å². The topological polar surface area (TPSA) is 32.7 Å². The van der Waals surface area contributed by atoms with Crippen LogP contribution in [0.3, 0.4) is 0 Å². The Balaban J connectivity index is 1.22. The highest BCUT2D eigenvalue weighted by Crippen LogP contribution is 2.26. The van der Waals surface area contributed by atoms with Gasteiger partial charge in [0.2, 0.25) is 0 Å². The third kappa shape index (κ3) is 5.34. The number of rotatable bonds is 7. The summed E-state index contributed by atoms with van der Waals surface area (Å²) in [4.78, 5) is 2.32. The van der Waals surface area contributed by atoms with Crippen molar-refractivity contribution in [3.05, 3.63) is 78.1 Å². The maximum Gasteiger partial charge on any atom is 0.127 e. The fourth-order valence-corrected chi connectivity index (χ4v) is 4.19. The van der Waals surface area contributed by atoms with Gasteiger partial charge in [0, 0.05) is 11.9 Å². The second kappa shape index (κ2) is 9.38. The Bertz CT molecular complexity index is 914. The van der Waals surface area contributed by atoms with E-state index >= 15 is 0 Å². The zero-order valence-corrected chi connectivity index (χ0v) is 16.6. The number of benzene rings is 3. The van der Waals surface area contributed by atoms with Crippen LogP contribution in [0.1, 0.15) is 18.4 Å². The van der Waals surface area contributed by atoms with Gasteiger partial charge in [-0.15, -0.1) is 0 Å². The summed E-state index contributed by atoms with van der Waals surface area (Å²) in [7, 11) is 0. The molecule has 3 nitrogen and oxygen atoms in total. The van der Waals surface area contributed by atoms with Crippen molar-refractivity contribution in [1.29, 1.82) is 0 Å². The van der Waals surface area contributed by atoms with Gasteiger partial charge in [-0.1, -0.05) is 48.5 Å². The molecule has 0 spiro atoms. The average molecular weight is 394 g/mol. The zero-order chi connectivity index (χ0) is 20.1. The average Bonchev–Trinajstić information content (AvgIpc) is 2.75. The second-order valence-electron chi connectivity index (χ2n) is 8.02. The third-order valence-electron chi connectivity index (χ3n) is 5.79. The molecule has 1 N–H and O–H groups in total. The number of fused-ring (bicyclic) bond motifs is 1. The molecule has 3 aromatic carbocycles. The molecule has 0 aromatic heterocycles. The van der Waals surface area contributed by atoms with Gasteiger partial charge in [-0.2, -0.15) is 0 Å². The monoisotopic (exact) mass is 393 g/mol. The predicted molar refractivity (Wildman–Crippen MR) is 115 cm³/mol. The van der Waals surface area contributed by atoms with Gasteiger partial charge >= 0.3 is 0 Å². The molecule has 0 bridgehead atoms. The summed E-state index contributed by atoms with van der Waals surface area (Å²) in [6.07, 6.45) is 2.70. The van der Waals surface area contributed by atoms with Crippen LogP contribution in [0.25, 0.3) is 10.8 Å². The lowest BCUT2D eigenvalue weighted by molar-refractivity contribution is 0.0555. The van der Waals surface area contributed by atoms with Crippen LogP contribution in [-0.4, -0.2) is 42.4 Å². The Morgan fingerprint density at radius 1 is 0.966 bits per heavy atom. The fraction of sp³-hybridized carbons (Fsp3) is 0.360. The summed E-state index contributed by atoms with van der Waals surface area (Å²) < 4.78 is 19.0. The minimum atomic E-state index is -0.511. The van der Waals surface area contributed by atoms with Gasteiger partial charge in [-0.25, -0.2) is 4.39 Å². The van der Waals surface area contributed by atoms with E-state index in [9.17, 15) is 9.50 Å². The highest BCUT2D eigenvalue weighted by Gasteiger charge is 2.21. The van der Waals surface area contributed by atoms with Gasteiger partial charge in [0.25, 0.3) is 0 Å². The number of ether oxygens (including phenoxy) is 1. The molecule has 0 radical (unpaired) electrons.